The van der Waals surface area contributed by atoms with Crippen LogP contribution in [0.4, 0.5) is 0 Å². The number of carbonyl (C=O) groups is 2. The minimum absolute atomic E-state index is 0.132. The summed E-state index contributed by atoms with van der Waals surface area (Å²) in [7, 11) is 0. The first-order valence-corrected chi connectivity index (χ1v) is 5.09. The molecule has 0 spiro atoms. The average Bonchev–Trinajstić information content (AvgIpc) is 2.93. The van der Waals surface area contributed by atoms with E-state index in [2.05, 4.69) is 5.32 Å². The fourth-order valence-corrected chi connectivity index (χ4v) is 1.24. The number of aliphatic carboxylic acids is 1. The summed E-state index contributed by atoms with van der Waals surface area (Å²) in [6, 6.07) is 0. The summed E-state index contributed by atoms with van der Waals surface area (Å²) < 4.78 is 0. The van der Waals surface area contributed by atoms with Gasteiger partial charge in [-0.1, -0.05) is 6.92 Å². The molecule has 1 saturated carbocycles. The minimum Gasteiger partial charge on any atom is -0.481 e. The third kappa shape index (κ3) is 4.25. The lowest BCUT2D eigenvalue weighted by molar-refractivity contribution is -0.137. The van der Waals surface area contributed by atoms with Crippen LogP contribution in [0.15, 0.2) is 0 Å². The molecule has 0 aliphatic heterocycles. The standard InChI is InChI=1S/C10H17NO3/c1-7(2-5-9(12)13)6-11-10(14)8-3-4-8/h7-8H,2-6H2,1H3,(H,11,14)(H,12,13). The first kappa shape index (κ1) is 11.0. The van der Waals surface area contributed by atoms with Gasteiger partial charge < -0.3 is 10.4 Å². The predicted octanol–water partition coefficient (Wildman–Crippen LogP) is 1.01. The molecule has 1 atom stereocenters. The predicted molar refractivity (Wildman–Crippen MR) is 51.8 cm³/mol. The lowest BCUT2D eigenvalue weighted by Crippen LogP contribution is -2.29. The van der Waals surface area contributed by atoms with Crippen molar-refractivity contribution in [2.45, 2.75) is 32.6 Å². The molecule has 0 aromatic rings. The second kappa shape index (κ2) is 4.98. The van der Waals surface area contributed by atoms with Gasteiger partial charge in [0.05, 0.1) is 0 Å². The molecule has 4 nitrogen and oxygen atoms in total. The van der Waals surface area contributed by atoms with E-state index in [0.717, 1.165) is 12.8 Å². The molecule has 1 aliphatic rings. The summed E-state index contributed by atoms with van der Waals surface area (Å²) >= 11 is 0. The summed E-state index contributed by atoms with van der Waals surface area (Å²) in [6.07, 6.45) is 2.82. The van der Waals surface area contributed by atoms with Crippen LogP contribution in [0.3, 0.4) is 0 Å². The molecule has 2 N–H and O–H groups in total. The molecule has 1 rings (SSSR count). The first-order valence-electron chi connectivity index (χ1n) is 5.09. The molecule has 1 unspecified atom stereocenters. The topological polar surface area (TPSA) is 66.4 Å². The van der Waals surface area contributed by atoms with Crippen molar-refractivity contribution in [1.29, 1.82) is 0 Å². The summed E-state index contributed by atoms with van der Waals surface area (Å²) in [4.78, 5) is 21.5. The number of nitrogens with one attached hydrogen (secondary N) is 1. The molecule has 80 valence electrons. The van der Waals surface area contributed by atoms with Gasteiger partial charge in [-0.2, -0.15) is 0 Å². The summed E-state index contributed by atoms with van der Waals surface area (Å²) in [5.41, 5.74) is 0. The Bertz CT molecular complexity index is 223. The molecule has 0 saturated heterocycles. The maximum atomic E-state index is 11.2. The van der Waals surface area contributed by atoms with E-state index in [1.54, 1.807) is 0 Å². The van der Waals surface area contributed by atoms with E-state index < -0.39 is 5.97 Å². The van der Waals surface area contributed by atoms with E-state index in [1.165, 1.54) is 0 Å². The molecule has 1 aliphatic carbocycles. The highest BCUT2D eigenvalue weighted by Crippen LogP contribution is 2.28. The van der Waals surface area contributed by atoms with Crippen LogP contribution in [0.25, 0.3) is 0 Å². The largest absolute Gasteiger partial charge is 0.481 e. The number of hydrogen-bond donors (Lipinski definition) is 2. The van der Waals surface area contributed by atoms with E-state index in [0.29, 0.717) is 13.0 Å². The number of carboxylic acids is 1. The molecule has 0 radical (unpaired) electrons. The van der Waals surface area contributed by atoms with Crippen LogP contribution in [-0.2, 0) is 9.59 Å². The van der Waals surface area contributed by atoms with E-state index in [-0.39, 0.29) is 24.2 Å². The normalized spacial score (nSPS) is 17.5. The SMILES string of the molecule is CC(CCC(=O)O)CNC(=O)C1CC1. The number of amides is 1. The van der Waals surface area contributed by atoms with Crippen molar-refractivity contribution in [2.24, 2.45) is 11.8 Å². The Morgan fingerprint density at radius 2 is 2.14 bits per heavy atom. The molecule has 1 amide bonds. The van der Waals surface area contributed by atoms with Crippen LogP contribution in [0, 0.1) is 11.8 Å². The summed E-state index contributed by atoms with van der Waals surface area (Å²) in [6.45, 7) is 2.55. The quantitative estimate of drug-likeness (QED) is 0.671. The van der Waals surface area contributed by atoms with Crippen molar-refractivity contribution in [2.75, 3.05) is 6.54 Å². The van der Waals surface area contributed by atoms with Gasteiger partial charge in [0.15, 0.2) is 0 Å². The number of hydrogen-bond acceptors (Lipinski definition) is 2. The van der Waals surface area contributed by atoms with Gasteiger partial charge in [-0.05, 0) is 25.2 Å². The van der Waals surface area contributed by atoms with Crippen LogP contribution in [0.5, 0.6) is 0 Å². The van der Waals surface area contributed by atoms with Gasteiger partial charge in [0, 0.05) is 18.9 Å². The van der Waals surface area contributed by atoms with Crippen molar-refractivity contribution >= 4 is 11.9 Å². The summed E-state index contributed by atoms with van der Waals surface area (Å²) in [5, 5.41) is 11.3. The molecule has 0 heterocycles. The second-order valence-electron chi connectivity index (χ2n) is 4.06. The Kier molecular flexibility index (Phi) is 3.92. The van der Waals surface area contributed by atoms with Crippen molar-refractivity contribution in [3.05, 3.63) is 0 Å². The Hall–Kier alpha value is -1.06. The van der Waals surface area contributed by atoms with E-state index in [1.807, 2.05) is 6.92 Å². The molecular weight excluding hydrogens is 182 g/mol. The third-order valence-corrected chi connectivity index (χ3v) is 2.42. The Balaban J connectivity index is 2.04. The lowest BCUT2D eigenvalue weighted by atomic mass is 10.1. The van der Waals surface area contributed by atoms with Crippen LogP contribution >= 0.6 is 0 Å². The van der Waals surface area contributed by atoms with Gasteiger partial charge in [-0.15, -0.1) is 0 Å². The zero-order valence-corrected chi connectivity index (χ0v) is 8.45. The molecule has 0 aromatic carbocycles. The minimum atomic E-state index is -0.773. The van der Waals surface area contributed by atoms with Crippen LogP contribution < -0.4 is 5.32 Å². The van der Waals surface area contributed by atoms with Gasteiger partial charge in [0.25, 0.3) is 0 Å². The average molecular weight is 199 g/mol. The molecule has 14 heavy (non-hydrogen) atoms. The van der Waals surface area contributed by atoms with Crippen LogP contribution in [0.2, 0.25) is 0 Å². The zero-order valence-electron chi connectivity index (χ0n) is 8.45. The van der Waals surface area contributed by atoms with Gasteiger partial charge in [0.1, 0.15) is 0 Å². The van der Waals surface area contributed by atoms with Crippen LogP contribution in [-0.4, -0.2) is 23.5 Å². The van der Waals surface area contributed by atoms with Crippen LogP contribution in [0.1, 0.15) is 32.6 Å². The Morgan fingerprint density at radius 3 is 2.64 bits per heavy atom. The lowest BCUT2D eigenvalue weighted by Gasteiger charge is -2.10. The van der Waals surface area contributed by atoms with Crippen molar-refractivity contribution in [1.82, 2.24) is 5.32 Å². The van der Waals surface area contributed by atoms with E-state index in [9.17, 15) is 9.59 Å². The van der Waals surface area contributed by atoms with Gasteiger partial charge in [-0.25, -0.2) is 0 Å². The molecule has 4 heteroatoms. The van der Waals surface area contributed by atoms with E-state index >= 15 is 0 Å². The van der Waals surface area contributed by atoms with Crippen molar-refractivity contribution in [3.63, 3.8) is 0 Å². The maximum Gasteiger partial charge on any atom is 0.303 e. The molecule has 0 aromatic heterocycles. The zero-order chi connectivity index (χ0) is 10.6. The number of rotatable bonds is 6. The second-order valence-corrected chi connectivity index (χ2v) is 4.06. The van der Waals surface area contributed by atoms with E-state index in [4.69, 9.17) is 5.11 Å². The fraction of sp³-hybridized carbons (Fsp3) is 0.800. The first-order chi connectivity index (χ1) is 6.59. The van der Waals surface area contributed by atoms with Gasteiger partial charge in [0.2, 0.25) is 5.91 Å². The third-order valence-electron chi connectivity index (χ3n) is 2.42. The summed E-state index contributed by atoms with van der Waals surface area (Å²) in [5.74, 6) is -0.159. The number of carboxylic acid groups (broad SMARTS) is 1. The van der Waals surface area contributed by atoms with Crippen molar-refractivity contribution < 1.29 is 14.7 Å². The monoisotopic (exact) mass is 199 g/mol. The van der Waals surface area contributed by atoms with Crippen molar-refractivity contribution in [3.8, 4) is 0 Å². The van der Waals surface area contributed by atoms with Gasteiger partial charge in [-0.3, -0.25) is 9.59 Å². The highest BCUT2D eigenvalue weighted by molar-refractivity contribution is 5.80. The molecule has 1 fully saturated rings. The number of carbonyl (C=O) groups excluding carboxylic acids is 1. The molecule has 0 bridgehead atoms. The maximum absolute atomic E-state index is 11.2. The highest BCUT2D eigenvalue weighted by Gasteiger charge is 2.29. The highest BCUT2D eigenvalue weighted by atomic mass is 16.4. The molecular formula is C10H17NO3. The Morgan fingerprint density at radius 1 is 1.50 bits per heavy atom. The fourth-order valence-electron chi connectivity index (χ4n) is 1.24. The smallest absolute Gasteiger partial charge is 0.303 e. The Labute approximate surface area is 83.7 Å². The van der Waals surface area contributed by atoms with Gasteiger partial charge >= 0.3 is 5.97 Å².